The van der Waals surface area contributed by atoms with Crippen LogP contribution in [0.15, 0.2) is 40.8 Å². The highest BCUT2D eigenvalue weighted by Gasteiger charge is 2.11. The fourth-order valence-corrected chi connectivity index (χ4v) is 3.17. The maximum atomic E-state index is 12.9. The van der Waals surface area contributed by atoms with Gasteiger partial charge < -0.3 is 5.73 Å². The molecule has 0 aliphatic carbocycles. The molecule has 2 aromatic rings. The molecule has 2 N–H and O–H groups in total. The van der Waals surface area contributed by atoms with Gasteiger partial charge in [0.2, 0.25) is 0 Å². The summed E-state index contributed by atoms with van der Waals surface area (Å²) in [6.07, 6.45) is 0. The van der Waals surface area contributed by atoms with E-state index >= 15 is 0 Å². The molecule has 0 saturated carbocycles. The third kappa shape index (κ3) is 3.11. The molecule has 0 bridgehead atoms. The number of anilines is 1. The van der Waals surface area contributed by atoms with Gasteiger partial charge in [-0.2, -0.15) is 0 Å². The third-order valence-electron chi connectivity index (χ3n) is 2.19. The number of halogens is 1. The molecule has 1 aromatic carbocycles. The van der Waals surface area contributed by atoms with E-state index in [0.29, 0.717) is 5.00 Å². The number of thiazole rings is 1. The van der Waals surface area contributed by atoms with E-state index in [1.807, 2.05) is 6.92 Å². The minimum atomic E-state index is -0.260. The quantitative estimate of drug-likeness (QED) is 0.674. The molecule has 0 fully saturated rings. The van der Waals surface area contributed by atoms with Crippen molar-refractivity contribution in [3.8, 4) is 11.3 Å². The van der Waals surface area contributed by atoms with E-state index in [4.69, 9.17) is 5.73 Å². The third-order valence-corrected chi connectivity index (χ3v) is 4.45. The highest BCUT2D eigenvalue weighted by atomic mass is 32.2. The number of hydrogen-bond acceptors (Lipinski definition) is 4. The SMILES string of the molecule is C=C(C)CSc1nc(-c2ccc(F)cc2)c(N)s1. The molecular weight excluding hydrogens is 267 g/mol. The normalized spacial score (nSPS) is 10.6. The van der Waals surface area contributed by atoms with Crippen LogP contribution in [0.25, 0.3) is 11.3 Å². The zero-order valence-corrected chi connectivity index (χ0v) is 11.6. The first-order chi connectivity index (χ1) is 8.56. The lowest BCUT2D eigenvalue weighted by molar-refractivity contribution is 0.628. The first-order valence-corrected chi connectivity index (χ1v) is 7.16. The summed E-state index contributed by atoms with van der Waals surface area (Å²) in [6, 6.07) is 6.20. The summed E-state index contributed by atoms with van der Waals surface area (Å²) in [5.74, 6) is 0.569. The number of nitrogens with zero attached hydrogens (tertiary/aromatic N) is 1. The molecule has 2 nitrogen and oxygen atoms in total. The Morgan fingerprint density at radius 2 is 2.11 bits per heavy atom. The van der Waals surface area contributed by atoms with E-state index in [1.54, 1.807) is 23.9 Å². The molecule has 0 saturated heterocycles. The highest BCUT2D eigenvalue weighted by molar-refractivity contribution is 8.01. The van der Waals surface area contributed by atoms with Crippen molar-refractivity contribution in [3.05, 3.63) is 42.2 Å². The van der Waals surface area contributed by atoms with Crippen molar-refractivity contribution in [2.24, 2.45) is 0 Å². The first-order valence-electron chi connectivity index (χ1n) is 5.35. The predicted molar refractivity (Wildman–Crippen MR) is 77.5 cm³/mol. The van der Waals surface area contributed by atoms with Crippen molar-refractivity contribution in [2.75, 3.05) is 11.5 Å². The van der Waals surface area contributed by atoms with Crippen LogP contribution in [0.3, 0.4) is 0 Å². The summed E-state index contributed by atoms with van der Waals surface area (Å²) >= 11 is 3.07. The van der Waals surface area contributed by atoms with Gasteiger partial charge in [-0.15, -0.1) is 0 Å². The lowest BCUT2D eigenvalue weighted by Gasteiger charge is -1.97. The Bertz CT molecular complexity index is 561. The van der Waals surface area contributed by atoms with Gasteiger partial charge in [-0.05, 0) is 31.2 Å². The number of thioether (sulfide) groups is 1. The minimum Gasteiger partial charge on any atom is -0.389 e. The maximum Gasteiger partial charge on any atom is 0.152 e. The summed E-state index contributed by atoms with van der Waals surface area (Å²) in [5, 5.41) is 0.658. The van der Waals surface area contributed by atoms with E-state index < -0.39 is 0 Å². The fraction of sp³-hybridized carbons (Fsp3) is 0.154. The van der Waals surface area contributed by atoms with Crippen LogP contribution >= 0.6 is 23.1 Å². The lowest BCUT2D eigenvalue weighted by Crippen LogP contribution is -1.86. The lowest BCUT2D eigenvalue weighted by atomic mass is 10.2. The highest BCUT2D eigenvalue weighted by Crippen LogP contribution is 2.35. The van der Waals surface area contributed by atoms with Crippen LogP contribution in [0.1, 0.15) is 6.92 Å². The zero-order chi connectivity index (χ0) is 13.1. The molecule has 5 heteroatoms. The molecule has 0 aliphatic rings. The standard InChI is InChI=1S/C13H13FN2S2/c1-8(2)7-17-13-16-11(12(15)18-13)9-3-5-10(14)6-4-9/h3-6H,1,7,15H2,2H3. The number of aromatic nitrogens is 1. The largest absolute Gasteiger partial charge is 0.389 e. The number of rotatable bonds is 4. The van der Waals surface area contributed by atoms with Crippen molar-refractivity contribution in [1.29, 1.82) is 0 Å². The summed E-state index contributed by atoms with van der Waals surface area (Å²) < 4.78 is 13.8. The summed E-state index contributed by atoms with van der Waals surface area (Å²) in [7, 11) is 0. The van der Waals surface area contributed by atoms with Crippen LogP contribution in [0.4, 0.5) is 9.39 Å². The van der Waals surface area contributed by atoms with Gasteiger partial charge >= 0.3 is 0 Å². The van der Waals surface area contributed by atoms with Gasteiger partial charge in [-0.25, -0.2) is 9.37 Å². The first kappa shape index (κ1) is 13.1. The van der Waals surface area contributed by atoms with E-state index in [1.165, 1.54) is 23.5 Å². The van der Waals surface area contributed by atoms with Crippen molar-refractivity contribution in [1.82, 2.24) is 4.98 Å². The summed E-state index contributed by atoms with van der Waals surface area (Å²) in [6.45, 7) is 5.83. The van der Waals surface area contributed by atoms with Crippen LogP contribution in [-0.2, 0) is 0 Å². The molecule has 0 radical (unpaired) electrons. The zero-order valence-electron chi connectivity index (χ0n) is 9.94. The van der Waals surface area contributed by atoms with E-state index in [0.717, 1.165) is 26.9 Å². The van der Waals surface area contributed by atoms with Crippen molar-refractivity contribution < 1.29 is 4.39 Å². The molecule has 0 aliphatic heterocycles. The number of hydrogen-bond donors (Lipinski definition) is 1. The Balaban J connectivity index is 2.23. The van der Waals surface area contributed by atoms with Crippen LogP contribution in [0, 0.1) is 5.82 Å². The summed E-state index contributed by atoms with van der Waals surface area (Å²) in [4.78, 5) is 4.47. The van der Waals surface area contributed by atoms with Crippen LogP contribution in [0.2, 0.25) is 0 Å². The average Bonchev–Trinajstić information content (AvgIpc) is 2.69. The van der Waals surface area contributed by atoms with Gasteiger partial charge in [-0.1, -0.05) is 35.3 Å². The Morgan fingerprint density at radius 3 is 2.72 bits per heavy atom. The van der Waals surface area contributed by atoms with Crippen molar-refractivity contribution >= 4 is 28.1 Å². The molecule has 18 heavy (non-hydrogen) atoms. The van der Waals surface area contributed by atoms with Crippen LogP contribution in [0.5, 0.6) is 0 Å². The maximum absolute atomic E-state index is 12.9. The monoisotopic (exact) mass is 280 g/mol. The number of benzene rings is 1. The van der Waals surface area contributed by atoms with Gasteiger partial charge in [-0.3, -0.25) is 0 Å². The van der Waals surface area contributed by atoms with E-state index in [9.17, 15) is 4.39 Å². The second kappa shape index (κ2) is 5.54. The average molecular weight is 280 g/mol. The molecule has 0 atom stereocenters. The topological polar surface area (TPSA) is 38.9 Å². The minimum absolute atomic E-state index is 0.260. The summed E-state index contributed by atoms with van der Waals surface area (Å²) in [5.41, 5.74) is 8.61. The number of nitrogens with two attached hydrogens (primary N) is 1. The molecule has 1 heterocycles. The Morgan fingerprint density at radius 1 is 1.44 bits per heavy atom. The Kier molecular flexibility index (Phi) is 4.04. The predicted octanol–water partition coefficient (Wildman–Crippen LogP) is 4.20. The second-order valence-corrected chi connectivity index (χ2v) is 6.20. The molecule has 0 amide bonds. The molecule has 0 unspecified atom stereocenters. The Labute approximate surface area is 114 Å². The van der Waals surface area contributed by atoms with E-state index in [2.05, 4.69) is 11.6 Å². The van der Waals surface area contributed by atoms with E-state index in [-0.39, 0.29) is 5.82 Å². The second-order valence-electron chi connectivity index (χ2n) is 3.95. The van der Waals surface area contributed by atoms with Crippen molar-refractivity contribution in [2.45, 2.75) is 11.3 Å². The molecule has 1 aromatic heterocycles. The molecule has 2 rings (SSSR count). The fourth-order valence-electron chi connectivity index (χ4n) is 1.37. The number of nitrogen functional groups attached to an aromatic ring is 1. The van der Waals surface area contributed by atoms with Crippen LogP contribution in [-0.4, -0.2) is 10.7 Å². The van der Waals surface area contributed by atoms with Gasteiger partial charge in [0.1, 0.15) is 16.5 Å². The smallest absolute Gasteiger partial charge is 0.152 e. The molecule has 0 spiro atoms. The molecular formula is C13H13FN2S2. The van der Waals surface area contributed by atoms with Gasteiger partial charge in [0.15, 0.2) is 4.34 Å². The Hall–Kier alpha value is -1.33. The van der Waals surface area contributed by atoms with Crippen LogP contribution < -0.4 is 5.73 Å². The van der Waals surface area contributed by atoms with Crippen molar-refractivity contribution in [3.63, 3.8) is 0 Å². The van der Waals surface area contributed by atoms with Gasteiger partial charge in [0.25, 0.3) is 0 Å². The van der Waals surface area contributed by atoms with Gasteiger partial charge in [0.05, 0.1) is 0 Å². The van der Waals surface area contributed by atoms with Gasteiger partial charge in [0, 0.05) is 11.3 Å². The molecule has 94 valence electrons.